The lowest BCUT2D eigenvalue weighted by molar-refractivity contribution is 0.0122. The Labute approximate surface area is 275 Å². The van der Waals surface area contributed by atoms with Crippen molar-refractivity contribution in [3.63, 3.8) is 0 Å². The summed E-state index contributed by atoms with van der Waals surface area (Å²) in [7, 11) is 1.59. The summed E-state index contributed by atoms with van der Waals surface area (Å²) in [6, 6.07) is 7.43. The number of hydrogen-bond acceptors (Lipinski definition) is 8. The molecule has 10 nitrogen and oxygen atoms in total. The second-order valence-corrected chi connectivity index (χ2v) is 14.5. The Morgan fingerprint density at radius 2 is 1.87 bits per heavy atom. The maximum Gasteiger partial charge on any atom is 0.410 e. The van der Waals surface area contributed by atoms with Crippen molar-refractivity contribution in [1.82, 2.24) is 30.0 Å². The Balaban J connectivity index is 1.22. The molecule has 1 N–H and O–H groups in total. The molecule has 2 aliphatic heterocycles. The molecule has 2 bridgehead atoms. The Morgan fingerprint density at radius 1 is 1.11 bits per heavy atom. The molecule has 5 heterocycles. The van der Waals surface area contributed by atoms with Crippen LogP contribution in [0.4, 0.5) is 15.0 Å². The van der Waals surface area contributed by atoms with E-state index >= 15 is 4.39 Å². The highest BCUT2D eigenvalue weighted by atomic mass is 35.5. The number of halogens is 2. The van der Waals surface area contributed by atoms with Gasteiger partial charge in [0.15, 0.2) is 0 Å². The van der Waals surface area contributed by atoms with E-state index in [1.165, 1.54) is 6.07 Å². The number of nitrogens with zero attached hydrogens (tertiary/aromatic N) is 6. The number of ether oxygens (including phenoxy) is 2. The first-order valence-electron chi connectivity index (χ1n) is 16.0. The lowest BCUT2D eigenvalue weighted by atomic mass is 9.88. The molecule has 3 aromatic heterocycles. The van der Waals surface area contributed by atoms with Gasteiger partial charge in [0.2, 0.25) is 0 Å². The first kappa shape index (κ1) is 28.7. The molecule has 0 radical (unpaired) electrons. The largest absolute Gasteiger partial charge is 0.467 e. The van der Waals surface area contributed by atoms with Crippen LogP contribution in [0.15, 0.2) is 36.7 Å². The van der Waals surface area contributed by atoms with E-state index in [0.717, 1.165) is 81.4 Å². The minimum absolute atomic E-state index is 0.00562. The first-order chi connectivity index (χ1) is 22.6. The predicted octanol–water partition coefficient (Wildman–Crippen LogP) is 7.02. The molecule has 2 saturated heterocycles. The van der Waals surface area contributed by atoms with Crippen molar-refractivity contribution in [3.8, 4) is 28.4 Å². The SMILES string of the molecule is COc1nc(N2CC3CCC(C2)N3C(=O)OC(C)(C)C)c2c(n1)C1(CC1)c1c-2ccnc1-c1c2cn[nH]c2cc2ccc(F)c(Cl)c12. The van der Waals surface area contributed by atoms with Crippen molar-refractivity contribution in [2.75, 3.05) is 25.1 Å². The molecule has 2 aromatic carbocycles. The number of hydrogen-bond donors (Lipinski definition) is 1. The van der Waals surface area contributed by atoms with Gasteiger partial charge in [-0.2, -0.15) is 15.1 Å². The summed E-state index contributed by atoms with van der Waals surface area (Å²) >= 11 is 6.73. The summed E-state index contributed by atoms with van der Waals surface area (Å²) in [5.74, 6) is 0.309. The normalized spacial score (nSPS) is 20.6. The van der Waals surface area contributed by atoms with Gasteiger partial charge in [0.25, 0.3) is 0 Å². The van der Waals surface area contributed by atoms with Gasteiger partial charge in [-0.05, 0) is 81.2 Å². The number of anilines is 1. The summed E-state index contributed by atoms with van der Waals surface area (Å²) in [6.07, 6.45) is 6.85. The smallest absolute Gasteiger partial charge is 0.410 e. The Kier molecular flexibility index (Phi) is 5.96. The Bertz CT molecular complexity index is 2140. The third kappa shape index (κ3) is 4.11. The Morgan fingerprint density at radius 3 is 2.57 bits per heavy atom. The minimum Gasteiger partial charge on any atom is -0.467 e. The van der Waals surface area contributed by atoms with Gasteiger partial charge in [-0.15, -0.1) is 0 Å². The molecule has 1 saturated carbocycles. The van der Waals surface area contributed by atoms with Crippen molar-refractivity contribution in [1.29, 1.82) is 0 Å². The van der Waals surface area contributed by atoms with E-state index in [1.807, 2.05) is 37.8 Å². The van der Waals surface area contributed by atoms with Crippen LogP contribution >= 0.6 is 11.6 Å². The number of rotatable bonds is 3. The van der Waals surface area contributed by atoms with Crippen LogP contribution < -0.4 is 9.64 Å². The highest BCUT2D eigenvalue weighted by Crippen LogP contribution is 2.66. The van der Waals surface area contributed by atoms with E-state index in [0.29, 0.717) is 24.5 Å². The van der Waals surface area contributed by atoms with Crippen LogP contribution in [-0.4, -0.2) is 74.0 Å². The number of aromatic amines is 1. The number of piperazine rings is 1. The van der Waals surface area contributed by atoms with Gasteiger partial charge in [-0.3, -0.25) is 15.0 Å². The van der Waals surface area contributed by atoms with Gasteiger partial charge in [0.05, 0.1) is 47.3 Å². The van der Waals surface area contributed by atoms with Crippen LogP contribution in [0.5, 0.6) is 6.01 Å². The highest BCUT2D eigenvalue weighted by Gasteiger charge is 2.57. The number of fused-ring (bicyclic) bond motifs is 9. The van der Waals surface area contributed by atoms with Crippen LogP contribution in [-0.2, 0) is 10.2 Å². The minimum atomic E-state index is -0.565. The van der Waals surface area contributed by atoms with Gasteiger partial charge in [0.1, 0.15) is 17.2 Å². The third-order valence-electron chi connectivity index (χ3n) is 10.2. The fraction of sp³-hybridized carbons (Fsp3) is 0.400. The van der Waals surface area contributed by atoms with Crippen molar-refractivity contribution >= 4 is 45.2 Å². The Hall–Kier alpha value is -4.51. The van der Waals surface area contributed by atoms with Gasteiger partial charge >= 0.3 is 12.1 Å². The topological polar surface area (TPSA) is 109 Å². The molecule has 3 fully saturated rings. The van der Waals surface area contributed by atoms with Crippen LogP contribution in [0, 0.1) is 5.82 Å². The van der Waals surface area contributed by atoms with E-state index in [2.05, 4.69) is 15.1 Å². The first-order valence-corrected chi connectivity index (χ1v) is 16.4. The van der Waals surface area contributed by atoms with Gasteiger partial charge in [-0.25, -0.2) is 9.18 Å². The van der Waals surface area contributed by atoms with E-state index < -0.39 is 16.8 Å². The number of methoxy groups -OCH3 is 1. The summed E-state index contributed by atoms with van der Waals surface area (Å²) < 4.78 is 26.5. The molecular formula is C35H33ClFN7O3. The number of H-pyrrole nitrogens is 1. The number of pyridine rings is 1. The predicted molar refractivity (Wildman–Crippen MR) is 176 cm³/mol. The van der Waals surface area contributed by atoms with Crippen LogP contribution in [0.2, 0.25) is 5.02 Å². The van der Waals surface area contributed by atoms with Crippen molar-refractivity contribution < 1.29 is 18.7 Å². The molecule has 1 spiro atoms. The van der Waals surface area contributed by atoms with Crippen LogP contribution in [0.3, 0.4) is 0 Å². The van der Waals surface area contributed by atoms with E-state index in [-0.39, 0.29) is 23.2 Å². The zero-order chi connectivity index (χ0) is 32.4. The summed E-state index contributed by atoms with van der Waals surface area (Å²) in [6.45, 7) is 6.93. The molecule has 2 atom stereocenters. The molecule has 2 aliphatic carbocycles. The molecule has 5 aromatic rings. The van der Waals surface area contributed by atoms with Crippen molar-refractivity contribution in [2.45, 2.75) is 69.6 Å². The number of nitrogens with one attached hydrogen (secondary N) is 1. The standard InChI is InChI=1S/C35H33ClFN7O3/c1-34(2,3)47-33(45)44-18-6-7-19(44)16-43(15-18)31-26-20-9-12-38-29(27(20)35(10-11-35)30(26)40-32(41-31)46-4)25-21-14-39-42-23(21)13-17-5-8-22(37)28(36)24(17)25/h5,8-9,12-14,18-19H,6-7,10-11,15-16H2,1-4H3,(H,39,42). The fourth-order valence-electron chi connectivity index (χ4n) is 8.19. The zero-order valence-corrected chi connectivity index (χ0v) is 27.3. The maximum absolute atomic E-state index is 15.0. The van der Waals surface area contributed by atoms with Crippen LogP contribution in [0.25, 0.3) is 44.1 Å². The third-order valence-corrected chi connectivity index (χ3v) is 10.6. The van der Waals surface area contributed by atoms with E-state index in [1.54, 1.807) is 25.6 Å². The molecule has 12 heteroatoms. The number of benzene rings is 2. The molecule has 4 aliphatic rings. The van der Waals surface area contributed by atoms with Crippen LogP contribution in [0.1, 0.15) is 57.7 Å². The lowest BCUT2D eigenvalue weighted by Crippen LogP contribution is -2.57. The van der Waals surface area contributed by atoms with Crippen molar-refractivity contribution in [2.24, 2.45) is 0 Å². The van der Waals surface area contributed by atoms with Gasteiger partial charge < -0.3 is 14.4 Å². The molecule has 240 valence electrons. The fourth-order valence-corrected chi connectivity index (χ4v) is 8.45. The van der Waals surface area contributed by atoms with Gasteiger partial charge in [-0.1, -0.05) is 17.7 Å². The average molecular weight is 654 g/mol. The molecule has 47 heavy (non-hydrogen) atoms. The molecule has 2 unspecified atom stereocenters. The monoisotopic (exact) mass is 653 g/mol. The maximum atomic E-state index is 15.0. The number of amides is 1. The summed E-state index contributed by atoms with van der Waals surface area (Å²) in [5, 5.41) is 9.69. The lowest BCUT2D eigenvalue weighted by Gasteiger charge is -2.42. The highest BCUT2D eigenvalue weighted by molar-refractivity contribution is 6.38. The number of carbonyl (C=O) groups excluding carboxylic acids is 1. The molecular weight excluding hydrogens is 621 g/mol. The zero-order valence-electron chi connectivity index (χ0n) is 26.5. The van der Waals surface area contributed by atoms with Crippen molar-refractivity contribution in [3.05, 3.63) is 58.8 Å². The number of carbonyl (C=O) groups is 1. The average Bonchev–Trinajstić information content (AvgIpc) is 3.51. The molecule has 1 amide bonds. The van der Waals surface area contributed by atoms with Gasteiger partial charge in [0, 0.05) is 46.6 Å². The van der Waals surface area contributed by atoms with E-state index in [9.17, 15) is 4.79 Å². The second-order valence-electron chi connectivity index (χ2n) is 14.1. The molecule has 9 rings (SSSR count). The quantitative estimate of drug-likeness (QED) is 0.221. The number of aromatic nitrogens is 5. The summed E-state index contributed by atoms with van der Waals surface area (Å²) in [4.78, 5) is 32.4. The summed E-state index contributed by atoms with van der Waals surface area (Å²) in [5.41, 5.74) is 5.28. The second kappa shape index (κ2) is 9.76. The van der Waals surface area contributed by atoms with E-state index in [4.69, 9.17) is 36.0 Å².